The molecule has 0 atom stereocenters. The number of hydrogen-bond acceptors (Lipinski definition) is 4. The van der Waals surface area contributed by atoms with Crippen molar-refractivity contribution >= 4 is 16.5 Å². The first-order valence-corrected chi connectivity index (χ1v) is 9.41. The summed E-state index contributed by atoms with van der Waals surface area (Å²) in [6.07, 6.45) is 6.05. The monoisotopic (exact) mass is 311 g/mol. The Bertz CT molecular complexity index is 387. The van der Waals surface area contributed by atoms with E-state index in [1.54, 1.807) is 0 Å². The molecule has 0 aromatic carbocycles. The van der Waals surface area contributed by atoms with Crippen LogP contribution in [-0.4, -0.2) is 24.1 Å². The Kier molecular flexibility index (Phi) is 8.93. The zero-order chi connectivity index (χ0) is 15.7. The van der Waals surface area contributed by atoms with Gasteiger partial charge in [0.15, 0.2) is 5.13 Å². The molecule has 0 saturated carbocycles. The van der Waals surface area contributed by atoms with Gasteiger partial charge in [0.05, 0.1) is 5.69 Å². The number of thiazole rings is 1. The lowest BCUT2D eigenvalue weighted by atomic mass is 10.2. The fourth-order valence-corrected chi connectivity index (χ4v) is 3.67. The molecule has 1 aromatic rings. The van der Waals surface area contributed by atoms with Crippen LogP contribution in [0.4, 0.5) is 5.13 Å². The Morgan fingerprint density at radius 2 is 1.90 bits per heavy atom. The van der Waals surface area contributed by atoms with Crippen LogP contribution in [0.3, 0.4) is 0 Å². The Morgan fingerprint density at radius 3 is 2.48 bits per heavy atom. The SMILES string of the molecule is CCCCCN(c1nc(CC)c(CNCCC)s1)C(C)C. The minimum Gasteiger partial charge on any atom is -0.346 e. The van der Waals surface area contributed by atoms with Gasteiger partial charge in [0.1, 0.15) is 0 Å². The van der Waals surface area contributed by atoms with Crippen LogP contribution >= 0.6 is 11.3 Å². The van der Waals surface area contributed by atoms with E-state index in [2.05, 4.69) is 44.8 Å². The topological polar surface area (TPSA) is 28.2 Å². The Labute approximate surface area is 135 Å². The number of aryl methyl sites for hydroxylation is 1. The molecular formula is C17H33N3S. The van der Waals surface area contributed by atoms with Crippen molar-refractivity contribution in [3.63, 3.8) is 0 Å². The van der Waals surface area contributed by atoms with Crippen LogP contribution < -0.4 is 10.2 Å². The number of rotatable bonds is 11. The summed E-state index contributed by atoms with van der Waals surface area (Å²) in [5, 5.41) is 4.73. The Balaban J connectivity index is 2.77. The minimum atomic E-state index is 0.522. The maximum Gasteiger partial charge on any atom is 0.186 e. The molecule has 0 unspecified atom stereocenters. The van der Waals surface area contributed by atoms with Crippen LogP contribution in [-0.2, 0) is 13.0 Å². The van der Waals surface area contributed by atoms with Crippen molar-refractivity contribution in [2.75, 3.05) is 18.0 Å². The smallest absolute Gasteiger partial charge is 0.186 e. The molecule has 4 heteroatoms. The van der Waals surface area contributed by atoms with Crippen molar-refractivity contribution in [2.45, 2.75) is 79.3 Å². The third-order valence-electron chi connectivity index (χ3n) is 3.69. The van der Waals surface area contributed by atoms with Gasteiger partial charge in [-0.05, 0) is 39.7 Å². The number of unbranched alkanes of at least 4 members (excludes halogenated alkanes) is 2. The molecule has 0 spiro atoms. The van der Waals surface area contributed by atoms with Crippen LogP contribution in [0.25, 0.3) is 0 Å². The minimum absolute atomic E-state index is 0.522. The summed E-state index contributed by atoms with van der Waals surface area (Å²) < 4.78 is 0. The second-order valence-electron chi connectivity index (χ2n) is 5.89. The maximum absolute atomic E-state index is 4.91. The average molecular weight is 312 g/mol. The van der Waals surface area contributed by atoms with E-state index >= 15 is 0 Å². The highest BCUT2D eigenvalue weighted by atomic mass is 32.1. The molecule has 0 amide bonds. The largest absolute Gasteiger partial charge is 0.346 e. The highest BCUT2D eigenvalue weighted by Crippen LogP contribution is 2.28. The van der Waals surface area contributed by atoms with Crippen LogP contribution in [0.15, 0.2) is 0 Å². The quantitative estimate of drug-likeness (QED) is 0.605. The second-order valence-corrected chi connectivity index (χ2v) is 6.95. The lowest BCUT2D eigenvalue weighted by Crippen LogP contribution is -2.31. The molecule has 0 aliphatic carbocycles. The molecule has 0 saturated heterocycles. The summed E-state index contributed by atoms with van der Waals surface area (Å²) in [5.41, 5.74) is 1.28. The number of anilines is 1. The van der Waals surface area contributed by atoms with Crippen LogP contribution in [0, 0.1) is 0 Å². The third kappa shape index (κ3) is 5.95. The van der Waals surface area contributed by atoms with E-state index in [1.165, 1.54) is 41.4 Å². The summed E-state index contributed by atoms with van der Waals surface area (Å²) in [6, 6.07) is 0.522. The molecule has 0 aliphatic rings. The number of nitrogens with one attached hydrogen (secondary N) is 1. The molecule has 0 bridgehead atoms. The highest BCUT2D eigenvalue weighted by Gasteiger charge is 2.17. The first-order chi connectivity index (χ1) is 10.1. The van der Waals surface area contributed by atoms with Gasteiger partial charge in [0.25, 0.3) is 0 Å². The van der Waals surface area contributed by atoms with E-state index in [0.717, 1.165) is 26.1 Å². The first-order valence-electron chi connectivity index (χ1n) is 8.59. The van der Waals surface area contributed by atoms with Gasteiger partial charge in [-0.3, -0.25) is 0 Å². The normalized spacial score (nSPS) is 11.3. The van der Waals surface area contributed by atoms with Gasteiger partial charge in [-0.15, -0.1) is 11.3 Å². The second kappa shape index (κ2) is 10.2. The zero-order valence-corrected chi connectivity index (χ0v) is 15.4. The lowest BCUT2D eigenvalue weighted by Gasteiger charge is -2.26. The van der Waals surface area contributed by atoms with Gasteiger partial charge in [-0.25, -0.2) is 4.98 Å². The molecular weight excluding hydrogens is 278 g/mol. The molecule has 122 valence electrons. The summed E-state index contributed by atoms with van der Waals surface area (Å²) in [5.74, 6) is 0. The summed E-state index contributed by atoms with van der Waals surface area (Å²) in [7, 11) is 0. The van der Waals surface area contributed by atoms with E-state index in [4.69, 9.17) is 4.98 Å². The summed E-state index contributed by atoms with van der Waals surface area (Å²) >= 11 is 1.88. The van der Waals surface area contributed by atoms with E-state index in [0.29, 0.717) is 6.04 Å². The third-order valence-corrected chi connectivity index (χ3v) is 4.82. The molecule has 1 rings (SSSR count). The predicted octanol–water partition coefficient (Wildman–Crippen LogP) is 4.61. The molecule has 0 fully saturated rings. The first kappa shape index (κ1) is 18.4. The molecule has 3 nitrogen and oxygen atoms in total. The van der Waals surface area contributed by atoms with Gasteiger partial charge in [0.2, 0.25) is 0 Å². The molecule has 0 radical (unpaired) electrons. The van der Waals surface area contributed by atoms with Gasteiger partial charge >= 0.3 is 0 Å². The fourth-order valence-electron chi connectivity index (χ4n) is 2.39. The zero-order valence-electron chi connectivity index (χ0n) is 14.5. The molecule has 21 heavy (non-hydrogen) atoms. The van der Waals surface area contributed by atoms with Crippen molar-refractivity contribution < 1.29 is 0 Å². The van der Waals surface area contributed by atoms with E-state index in [1.807, 2.05) is 11.3 Å². The average Bonchev–Trinajstić information content (AvgIpc) is 2.86. The molecule has 1 N–H and O–H groups in total. The number of nitrogens with zero attached hydrogens (tertiary/aromatic N) is 2. The lowest BCUT2D eigenvalue weighted by molar-refractivity contribution is 0.624. The highest BCUT2D eigenvalue weighted by molar-refractivity contribution is 7.15. The van der Waals surface area contributed by atoms with Crippen LogP contribution in [0.1, 0.15) is 70.9 Å². The number of aromatic nitrogens is 1. The van der Waals surface area contributed by atoms with E-state index in [9.17, 15) is 0 Å². The standard InChI is InChI=1S/C17H33N3S/c1-6-9-10-12-20(14(4)5)17-19-15(8-3)16(21-17)13-18-11-7-2/h14,18H,6-13H2,1-5H3. The van der Waals surface area contributed by atoms with Crippen molar-refractivity contribution in [3.8, 4) is 0 Å². The van der Waals surface area contributed by atoms with Gasteiger partial charge in [0, 0.05) is 24.0 Å². The molecule has 1 heterocycles. The van der Waals surface area contributed by atoms with Crippen molar-refractivity contribution in [1.82, 2.24) is 10.3 Å². The molecule has 1 aromatic heterocycles. The van der Waals surface area contributed by atoms with Crippen molar-refractivity contribution in [3.05, 3.63) is 10.6 Å². The van der Waals surface area contributed by atoms with Crippen LogP contribution in [0.5, 0.6) is 0 Å². The van der Waals surface area contributed by atoms with Gasteiger partial charge in [-0.2, -0.15) is 0 Å². The predicted molar refractivity (Wildman–Crippen MR) is 95.5 cm³/mol. The van der Waals surface area contributed by atoms with E-state index in [-0.39, 0.29) is 0 Å². The van der Waals surface area contributed by atoms with Gasteiger partial charge in [-0.1, -0.05) is 33.6 Å². The maximum atomic E-state index is 4.91. The fraction of sp³-hybridized carbons (Fsp3) is 0.824. The molecule has 0 aliphatic heterocycles. The Morgan fingerprint density at radius 1 is 1.14 bits per heavy atom. The summed E-state index contributed by atoms with van der Waals surface area (Å²) in [6.45, 7) is 14.4. The van der Waals surface area contributed by atoms with Crippen molar-refractivity contribution in [1.29, 1.82) is 0 Å². The Hall–Kier alpha value is -0.610. The number of hydrogen-bond donors (Lipinski definition) is 1. The van der Waals surface area contributed by atoms with Crippen LogP contribution in [0.2, 0.25) is 0 Å². The van der Waals surface area contributed by atoms with Crippen molar-refractivity contribution in [2.24, 2.45) is 0 Å². The summed E-state index contributed by atoms with van der Waals surface area (Å²) in [4.78, 5) is 8.81. The van der Waals surface area contributed by atoms with Gasteiger partial charge < -0.3 is 10.2 Å². The van der Waals surface area contributed by atoms with E-state index < -0.39 is 0 Å².